The lowest BCUT2D eigenvalue weighted by atomic mass is 11.1. The molecule has 0 saturated carbocycles. The summed E-state index contributed by atoms with van der Waals surface area (Å²) < 4.78 is 28.7. The molecular formula is C4H7NO3S2. The molecule has 0 atom stereocenters. The van der Waals surface area contributed by atoms with Gasteiger partial charge >= 0.3 is 10.1 Å². The van der Waals surface area contributed by atoms with Gasteiger partial charge in [-0.15, -0.1) is 0 Å². The van der Waals surface area contributed by atoms with Gasteiger partial charge in [-0.05, 0) is 6.26 Å². The van der Waals surface area contributed by atoms with Gasteiger partial charge in [0, 0.05) is 6.20 Å². The molecule has 0 amide bonds. The summed E-state index contributed by atoms with van der Waals surface area (Å²) >= 11 is 0.842. The van der Waals surface area contributed by atoms with E-state index < -0.39 is 10.1 Å². The quantitative estimate of drug-likeness (QED) is 0.368. The third-order valence-corrected chi connectivity index (χ3v) is 2.73. The summed E-state index contributed by atoms with van der Waals surface area (Å²) in [5.41, 5.74) is 0. The summed E-state index contributed by atoms with van der Waals surface area (Å²) in [6.45, 7) is 3.19. The summed E-state index contributed by atoms with van der Waals surface area (Å²) in [6.07, 6.45) is 2.55. The van der Waals surface area contributed by atoms with E-state index in [1.165, 1.54) is 6.26 Å². The van der Waals surface area contributed by atoms with Crippen LogP contribution in [0.25, 0.3) is 0 Å². The topological polar surface area (TPSA) is 66.7 Å². The Bertz CT molecular complexity index is 241. The predicted molar refractivity (Wildman–Crippen MR) is 42.7 cm³/mol. The summed E-state index contributed by atoms with van der Waals surface area (Å²) in [4.78, 5) is 3.32. The fourth-order valence-electron chi connectivity index (χ4n) is 0.299. The Balaban J connectivity index is 4.71. The molecule has 6 heteroatoms. The molecule has 0 spiro atoms. The minimum absolute atomic E-state index is 0.345. The maximum atomic E-state index is 10.3. The molecule has 0 aliphatic heterocycles. The minimum Gasteiger partial charge on any atom is -0.280 e. The summed E-state index contributed by atoms with van der Waals surface area (Å²) in [5, 5.41) is 0. The zero-order chi connectivity index (χ0) is 8.20. The van der Waals surface area contributed by atoms with Gasteiger partial charge in [0.05, 0.1) is 0 Å². The second-order valence-electron chi connectivity index (χ2n) is 1.26. The van der Waals surface area contributed by atoms with Gasteiger partial charge in [0.2, 0.25) is 4.38 Å². The van der Waals surface area contributed by atoms with Crippen molar-refractivity contribution in [2.45, 2.75) is 0 Å². The zero-order valence-electron chi connectivity index (χ0n) is 5.31. The molecule has 0 unspecified atom stereocenters. The molecule has 0 aliphatic rings. The molecule has 0 rings (SSSR count). The first-order chi connectivity index (χ1) is 4.52. The molecule has 1 N–H and O–H groups in total. The fraction of sp³-hybridized carbons (Fsp3) is 0.250. The van der Waals surface area contributed by atoms with Crippen molar-refractivity contribution in [3.8, 4) is 0 Å². The van der Waals surface area contributed by atoms with Crippen molar-refractivity contribution >= 4 is 26.3 Å². The highest BCUT2D eigenvalue weighted by atomic mass is 32.3. The molecule has 0 aliphatic carbocycles. The minimum atomic E-state index is -4.14. The molecule has 0 aromatic rings. The highest BCUT2D eigenvalue weighted by molar-refractivity contribution is 8.33. The molecule has 0 saturated heterocycles. The van der Waals surface area contributed by atoms with E-state index in [1.807, 2.05) is 0 Å². The van der Waals surface area contributed by atoms with Gasteiger partial charge in [0.25, 0.3) is 0 Å². The Labute approximate surface area is 63.8 Å². The highest BCUT2D eigenvalue weighted by Crippen LogP contribution is 2.04. The van der Waals surface area contributed by atoms with E-state index in [2.05, 4.69) is 11.6 Å². The largest absolute Gasteiger partial charge is 0.318 e. The smallest absolute Gasteiger partial charge is 0.280 e. The van der Waals surface area contributed by atoms with Crippen LogP contribution >= 0.6 is 11.8 Å². The Morgan fingerprint density at radius 1 is 1.80 bits per heavy atom. The number of rotatable bonds is 1. The Hall–Kier alpha value is -0.330. The van der Waals surface area contributed by atoms with Gasteiger partial charge in [-0.2, -0.15) is 8.42 Å². The van der Waals surface area contributed by atoms with Gasteiger partial charge in [-0.1, -0.05) is 18.3 Å². The summed E-state index contributed by atoms with van der Waals surface area (Å²) in [5.74, 6) is 0. The first kappa shape index (κ1) is 9.67. The van der Waals surface area contributed by atoms with E-state index in [4.69, 9.17) is 4.55 Å². The van der Waals surface area contributed by atoms with Crippen LogP contribution in [0.5, 0.6) is 0 Å². The monoisotopic (exact) mass is 181 g/mol. The standard InChI is InChI=1S/C4H7NO3S2/c1-3-5-4(9-2)10(6,7)8/h3H,1H2,2H3,(H,6,7,8). The van der Waals surface area contributed by atoms with Gasteiger partial charge in [0.1, 0.15) is 0 Å². The second kappa shape index (κ2) is 3.75. The van der Waals surface area contributed by atoms with Crippen LogP contribution in [0.4, 0.5) is 0 Å². The number of aliphatic imine (C=N–C) groups is 1. The van der Waals surface area contributed by atoms with Crippen molar-refractivity contribution in [3.05, 3.63) is 12.8 Å². The van der Waals surface area contributed by atoms with Crippen molar-refractivity contribution in [2.75, 3.05) is 6.26 Å². The Morgan fingerprint density at radius 2 is 2.30 bits per heavy atom. The van der Waals surface area contributed by atoms with Gasteiger partial charge in [-0.25, -0.2) is 4.99 Å². The maximum absolute atomic E-state index is 10.3. The van der Waals surface area contributed by atoms with E-state index in [0.717, 1.165) is 18.0 Å². The van der Waals surface area contributed by atoms with E-state index >= 15 is 0 Å². The van der Waals surface area contributed by atoms with Crippen molar-refractivity contribution in [3.63, 3.8) is 0 Å². The van der Waals surface area contributed by atoms with Crippen molar-refractivity contribution in [2.24, 2.45) is 4.99 Å². The van der Waals surface area contributed by atoms with E-state index in [9.17, 15) is 8.42 Å². The SMILES string of the molecule is C=CN=C(SC)S(=O)(=O)O. The molecule has 0 radical (unpaired) electrons. The maximum Gasteiger partial charge on any atom is 0.318 e. The average molecular weight is 181 g/mol. The van der Waals surface area contributed by atoms with Crippen molar-refractivity contribution < 1.29 is 13.0 Å². The summed E-state index contributed by atoms with van der Waals surface area (Å²) in [6, 6.07) is 0. The molecule has 0 fully saturated rings. The van der Waals surface area contributed by atoms with Gasteiger partial charge < -0.3 is 0 Å². The molecule has 4 nitrogen and oxygen atoms in total. The van der Waals surface area contributed by atoms with Crippen LogP contribution in [0, 0.1) is 0 Å². The number of nitrogens with zero attached hydrogens (tertiary/aromatic N) is 1. The average Bonchev–Trinajstić information content (AvgIpc) is 1.80. The van der Waals surface area contributed by atoms with Gasteiger partial charge in [-0.3, -0.25) is 4.55 Å². The number of thioether (sulfide) groups is 1. The third-order valence-electron chi connectivity index (χ3n) is 0.592. The lowest BCUT2D eigenvalue weighted by Crippen LogP contribution is -2.08. The van der Waals surface area contributed by atoms with Crippen LogP contribution in [0.2, 0.25) is 0 Å². The van der Waals surface area contributed by atoms with Crippen molar-refractivity contribution in [1.82, 2.24) is 0 Å². The number of hydrogen-bond acceptors (Lipinski definition) is 4. The van der Waals surface area contributed by atoms with Crippen LogP contribution in [-0.2, 0) is 10.1 Å². The molecular weight excluding hydrogens is 174 g/mol. The first-order valence-electron chi connectivity index (χ1n) is 2.22. The molecule has 0 aromatic heterocycles. The molecule has 10 heavy (non-hydrogen) atoms. The first-order valence-corrected chi connectivity index (χ1v) is 4.89. The number of hydrogen-bond donors (Lipinski definition) is 1. The zero-order valence-corrected chi connectivity index (χ0v) is 6.94. The highest BCUT2D eigenvalue weighted by Gasteiger charge is 2.12. The molecule has 0 aromatic carbocycles. The van der Waals surface area contributed by atoms with Crippen LogP contribution in [0.15, 0.2) is 17.8 Å². The van der Waals surface area contributed by atoms with E-state index in [1.54, 1.807) is 0 Å². The second-order valence-corrected chi connectivity index (χ2v) is 3.65. The Kier molecular flexibility index (Phi) is 3.62. The molecule has 58 valence electrons. The summed E-state index contributed by atoms with van der Waals surface area (Å²) in [7, 11) is -4.14. The lowest BCUT2D eigenvalue weighted by Gasteiger charge is -1.93. The molecule has 0 heterocycles. The van der Waals surface area contributed by atoms with E-state index in [0.29, 0.717) is 0 Å². The third kappa shape index (κ3) is 3.00. The van der Waals surface area contributed by atoms with Crippen LogP contribution in [-0.4, -0.2) is 23.6 Å². The molecule has 0 bridgehead atoms. The predicted octanol–water partition coefficient (Wildman–Crippen LogP) is 0.737. The van der Waals surface area contributed by atoms with E-state index in [-0.39, 0.29) is 4.38 Å². The van der Waals surface area contributed by atoms with Crippen LogP contribution in [0.3, 0.4) is 0 Å². The van der Waals surface area contributed by atoms with Crippen LogP contribution in [0.1, 0.15) is 0 Å². The fourth-order valence-corrected chi connectivity index (χ4v) is 1.53. The Morgan fingerprint density at radius 3 is 2.40 bits per heavy atom. The van der Waals surface area contributed by atoms with Crippen LogP contribution < -0.4 is 0 Å². The normalized spacial score (nSPS) is 13.2. The van der Waals surface area contributed by atoms with Crippen molar-refractivity contribution in [1.29, 1.82) is 0 Å². The lowest BCUT2D eigenvalue weighted by molar-refractivity contribution is 0.499. The van der Waals surface area contributed by atoms with Gasteiger partial charge in [0.15, 0.2) is 0 Å².